The molecule has 110 valence electrons. The molecule has 2 aromatic carbocycles. The Hall–Kier alpha value is -1.93. The van der Waals surface area contributed by atoms with Gasteiger partial charge in [0.05, 0.1) is 0 Å². The van der Waals surface area contributed by atoms with Crippen molar-refractivity contribution in [1.29, 1.82) is 0 Å². The lowest BCUT2D eigenvalue weighted by molar-refractivity contribution is 0.728. The van der Waals surface area contributed by atoms with Crippen LogP contribution in [0.1, 0.15) is 20.8 Å². The van der Waals surface area contributed by atoms with Crippen LogP contribution >= 0.6 is 12.4 Å². The zero-order valence-electron chi connectivity index (χ0n) is 12.7. The van der Waals surface area contributed by atoms with Crippen LogP contribution < -0.4 is 9.80 Å². The van der Waals surface area contributed by atoms with E-state index in [0.29, 0.717) is 6.17 Å². The van der Waals surface area contributed by atoms with Crippen LogP contribution in [0, 0.1) is 0 Å². The van der Waals surface area contributed by atoms with Crippen molar-refractivity contribution in [1.82, 2.24) is 0 Å². The Morgan fingerprint density at radius 2 is 1.00 bits per heavy atom. The third-order valence-corrected chi connectivity index (χ3v) is 4.06. The maximum absolute atomic E-state index is 2.39. The van der Waals surface area contributed by atoms with Crippen molar-refractivity contribution in [3.8, 4) is 0 Å². The fraction of sp³-hybridized carbons (Fsp3) is 0.222. The molecule has 0 radical (unpaired) electrons. The number of benzene rings is 2. The molecule has 0 saturated heterocycles. The van der Waals surface area contributed by atoms with Crippen molar-refractivity contribution in [3.63, 3.8) is 0 Å². The Kier molecular flexibility index (Phi) is 4.59. The normalized spacial score (nSPS) is 15.4. The van der Waals surface area contributed by atoms with Gasteiger partial charge in [-0.25, -0.2) is 0 Å². The van der Waals surface area contributed by atoms with E-state index in [1.807, 2.05) is 0 Å². The zero-order valence-corrected chi connectivity index (χ0v) is 13.5. The van der Waals surface area contributed by atoms with Crippen molar-refractivity contribution >= 4 is 23.8 Å². The van der Waals surface area contributed by atoms with Crippen LogP contribution in [-0.2, 0) is 0 Å². The van der Waals surface area contributed by atoms with Gasteiger partial charge in [-0.1, -0.05) is 36.4 Å². The number of anilines is 2. The highest BCUT2D eigenvalue weighted by Crippen LogP contribution is 2.36. The molecule has 1 aliphatic heterocycles. The molecule has 1 aliphatic rings. The molecule has 0 N–H and O–H groups in total. The second-order valence-electron chi connectivity index (χ2n) is 5.21. The minimum atomic E-state index is 0. The molecule has 0 aromatic heterocycles. The maximum Gasteiger partial charge on any atom is 0.108 e. The number of allylic oxidation sites excluding steroid dienone is 2. The van der Waals surface area contributed by atoms with E-state index < -0.39 is 0 Å². The Bertz CT molecular complexity index is 567. The monoisotopic (exact) mass is 300 g/mol. The third kappa shape index (κ3) is 2.64. The van der Waals surface area contributed by atoms with Crippen LogP contribution in [0.4, 0.5) is 11.4 Å². The lowest BCUT2D eigenvalue weighted by Gasteiger charge is -2.32. The first-order chi connectivity index (χ1) is 9.70. The van der Waals surface area contributed by atoms with E-state index in [0.717, 1.165) is 0 Å². The minimum absolute atomic E-state index is 0. The van der Waals surface area contributed by atoms with Crippen molar-refractivity contribution in [2.45, 2.75) is 26.9 Å². The highest BCUT2D eigenvalue weighted by molar-refractivity contribution is 5.85. The smallest absolute Gasteiger partial charge is 0.108 e. The molecule has 0 saturated carbocycles. The van der Waals surface area contributed by atoms with Crippen molar-refractivity contribution < 1.29 is 0 Å². The largest absolute Gasteiger partial charge is 0.323 e. The van der Waals surface area contributed by atoms with E-state index in [2.05, 4.69) is 91.2 Å². The van der Waals surface area contributed by atoms with Gasteiger partial charge in [0.1, 0.15) is 6.17 Å². The molecule has 2 aromatic rings. The number of nitrogens with zero attached hydrogens (tertiary/aromatic N) is 2. The number of rotatable bonds is 2. The summed E-state index contributed by atoms with van der Waals surface area (Å²) in [6.45, 7) is 6.64. The van der Waals surface area contributed by atoms with Gasteiger partial charge in [0.25, 0.3) is 0 Å². The first kappa shape index (κ1) is 15.5. The summed E-state index contributed by atoms with van der Waals surface area (Å²) in [7, 11) is 0. The molecule has 2 nitrogen and oxygen atoms in total. The lowest BCUT2D eigenvalue weighted by atomic mass is 10.2. The molecule has 0 unspecified atom stereocenters. The number of para-hydroxylation sites is 2. The second kappa shape index (κ2) is 6.23. The van der Waals surface area contributed by atoms with Crippen LogP contribution in [0.2, 0.25) is 0 Å². The molecule has 0 spiro atoms. The first-order valence-corrected chi connectivity index (χ1v) is 7.06. The van der Waals surface area contributed by atoms with Gasteiger partial charge < -0.3 is 9.80 Å². The molecule has 21 heavy (non-hydrogen) atoms. The highest BCUT2D eigenvalue weighted by Gasteiger charge is 2.32. The number of hydrogen-bond donors (Lipinski definition) is 0. The van der Waals surface area contributed by atoms with Gasteiger partial charge in [0.2, 0.25) is 0 Å². The summed E-state index contributed by atoms with van der Waals surface area (Å²) < 4.78 is 0. The molecule has 0 atom stereocenters. The molecular formula is C18H21ClN2. The Labute approximate surface area is 133 Å². The van der Waals surface area contributed by atoms with Crippen LogP contribution in [0.25, 0.3) is 0 Å². The first-order valence-electron chi connectivity index (χ1n) is 7.06. The van der Waals surface area contributed by atoms with E-state index in [1.165, 1.54) is 22.8 Å². The molecule has 3 rings (SSSR count). The van der Waals surface area contributed by atoms with Crippen LogP contribution in [-0.4, -0.2) is 6.17 Å². The average molecular weight is 301 g/mol. The van der Waals surface area contributed by atoms with Gasteiger partial charge in [-0.05, 0) is 45.0 Å². The molecule has 1 heterocycles. The van der Waals surface area contributed by atoms with Gasteiger partial charge in [-0.3, -0.25) is 0 Å². The summed E-state index contributed by atoms with van der Waals surface area (Å²) in [5, 5.41) is 0. The fourth-order valence-corrected chi connectivity index (χ4v) is 3.02. The van der Waals surface area contributed by atoms with Crippen molar-refractivity contribution in [2.75, 3.05) is 9.80 Å². The molecule has 3 heteroatoms. The zero-order chi connectivity index (χ0) is 14.1. The summed E-state index contributed by atoms with van der Waals surface area (Å²) in [6, 6.07) is 21.2. The topological polar surface area (TPSA) is 6.48 Å². The number of hydrogen-bond acceptors (Lipinski definition) is 2. The summed E-state index contributed by atoms with van der Waals surface area (Å²) in [5.74, 6) is 0. The van der Waals surface area contributed by atoms with Crippen molar-refractivity contribution in [3.05, 3.63) is 72.1 Å². The Morgan fingerprint density at radius 1 is 0.667 bits per heavy atom. The summed E-state index contributed by atoms with van der Waals surface area (Å²) in [5.41, 5.74) is 5.12. The quantitative estimate of drug-likeness (QED) is 0.767. The lowest BCUT2D eigenvalue weighted by Crippen LogP contribution is -2.37. The van der Waals surface area contributed by atoms with E-state index in [1.54, 1.807) is 0 Å². The highest BCUT2D eigenvalue weighted by atomic mass is 35.5. The standard InChI is InChI=1S/C18H20N2.ClH/c1-14-15(2)20(18-12-8-5-9-13-18)16(3)19(14)17-10-6-4-7-11-17;/h4-13,16H,1-3H3;1H. The van der Waals surface area contributed by atoms with Crippen molar-refractivity contribution in [2.24, 2.45) is 0 Å². The SMILES string of the molecule is CC1=C(C)N(c2ccccc2)C(C)N1c1ccccc1.Cl. The van der Waals surface area contributed by atoms with Gasteiger partial charge in [0, 0.05) is 22.8 Å². The van der Waals surface area contributed by atoms with Gasteiger partial charge in [0.15, 0.2) is 0 Å². The van der Waals surface area contributed by atoms with Gasteiger partial charge in [-0.15, -0.1) is 12.4 Å². The summed E-state index contributed by atoms with van der Waals surface area (Å²) in [6.07, 6.45) is 0.291. The fourth-order valence-electron chi connectivity index (χ4n) is 3.02. The molecule has 0 bridgehead atoms. The molecule has 0 amide bonds. The Morgan fingerprint density at radius 3 is 1.33 bits per heavy atom. The predicted octanol–water partition coefficient (Wildman–Crippen LogP) is 5.03. The van der Waals surface area contributed by atoms with E-state index in [-0.39, 0.29) is 12.4 Å². The maximum atomic E-state index is 2.39. The van der Waals surface area contributed by atoms with E-state index in [9.17, 15) is 0 Å². The van der Waals surface area contributed by atoms with Crippen LogP contribution in [0.15, 0.2) is 72.1 Å². The van der Waals surface area contributed by atoms with E-state index in [4.69, 9.17) is 0 Å². The molecular weight excluding hydrogens is 280 g/mol. The predicted molar refractivity (Wildman–Crippen MR) is 92.9 cm³/mol. The summed E-state index contributed by atoms with van der Waals surface area (Å²) in [4.78, 5) is 4.78. The van der Waals surface area contributed by atoms with Crippen LogP contribution in [0.3, 0.4) is 0 Å². The Balaban J connectivity index is 0.00000161. The average Bonchev–Trinajstić information content (AvgIpc) is 2.71. The van der Waals surface area contributed by atoms with Crippen LogP contribution in [0.5, 0.6) is 0 Å². The van der Waals surface area contributed by atoms with Gasteiger partial charge >= 0.3 is 0 Å². The summed E-state index contributed by atoms with van der Waals surface area (Å²) >= 11 is 0. The molecule has 0 aliphatic carbocycles. The minimum Gasteiger partial charge on any atom is -0.323 e. The third-order valence-electron chi connectivity index (χ3n) is 4.06. The van der Waals surface area contributed by atoms with Gasteiger partial charge in [-0.2, -0.15) is 0 Å². The molecule has 0 fully saturated rings. The van der Waals surface area contributed by atoms with E-state index >= 15 is 0 Å². The number of halogens is 1. The second-order valence-corrected chi connectivity index (χ2v) is 5.21.